The van der Waals surface area contributed by atoms with Crippen molar-refractivity contribution in [3.63, 3.8) is 0 Å². The summed E-state index contributed by atoms with van der Waals surface area (Å²) in [6.45, 7) is 17.4. The number of fused-ring (bicyclic) bond motifs is 2. The number of amides is 1. The van der Waals surface area contributed by atoms with Gasteiger partial charge in [-0.1, -0.05) is 39.3 Å². The number of ether oxygens (including phenoxy) is 2. The normalized spacial score (nSPS) is 14.6. The Morgan fingerprint density at radius 2 is 1.67 bits per heavy atom. The average molecular weight is 696 g/mol. The van der Waals surface area contributed by atoms with Gasteiger partial charge in [-0.3, -0.25) is 9.88 Å². The van der Waals surface area contributed by atoms with Crippen LogP contribution in [0.5, 0.6) is 0 Å². The summed E-state index contributed by atoms with van der Waals surface area (Å²) in [6.07, 6.45) is 3.97. The lowest BCUT2D eigenvalue weighted by molar-refractivity contribution is 0.0940. The Morgan fingerprint density at radius 3 is 2.29 bits per heavy atom. The highest BCUT2D eigenvalue weighted by molar-refractivity contribution is 6.76. The fourth-order valence-electron chi connectivity index (χ4n) is 5.68. The lowest BCUT2D eigenvalue weighted by Crippen LogP contribution is -2.45. The van der Waals surface area contributed by atoms with Crippen LogP contribution >= 0.6 is 0 Å². The van der Waals surface area contributed by atoms with Gasteiger partial charge >= 0.3 is 6.09 Å². The van der Waals surface area contributed by atoms with Gasteiger partial charge in [-0.25, -0.2) is 14.2 Å². The monoisotopic (exact) mass is 695 g/mol. The van der Waals surface area contributed by atoms with Crippen LogP contribution in [0, 0.1) is 5.82 Å². The predicted molar refractivity (Wildman–Crippen MR) is 194 cm³/mol. The first kappa shape index (κ1) is 35.9. The van der Waals surface area contributed by atoms with E-state index in [0.29, 0.717) is 46.8 Å². The summed E-state index contributed by atoms with van der Waals surface area (Å²) in [5.74, 6) is 0.354. The van der Waals surface area contributed by atoms with Crippen LogP contribution in [0.15, 0.2) is 42.7 Å². The van der Waals surface area contributed by atoms with Gasteiger partial charge < -0.3 is 24.8 Å². The molecule has 3 aromatic heterocycles. The molecule has 2 N–H and O–H groups in total. The molecule has 11 nitrogen and oxygen atoms in total. The number of halogens is 1. The smallest absolute Gasteiger partial charge is 0.407 e. The zero-order valence-electron chi connectivity index (χ0n) is 29.1. The number of aromatic nitrogens is 4. The SMILES string of the molecule is C[Si](C)(C)CCOCN(COCC[Si](C)(C)C)c1cc(CN(C(=O)O)C2CCNCC2)nc2c(-c3cnc4ccc(F)cc4c3)cnn12. The van der Waals surface area contributed by atoms with Crippen molar-refractivity contribution in [2.75, 3.05) is 44.7 Å². The molecule has 0 unspecified atom stereocenters. The second-order valence-corrected chi connectivity index (χ2v) is 26.3. The van der Waals surface area contributed by atoms with Gasteiger partial charge in [0.25, 0.3) is 0 Å². The minimum atomic E-state index is -1.31. The molecule has 1 amide bonds. The van der Waals surface area contributed by atoms with Crippen molar-refractivity contribution in [3.8, 4) is 11.1 Å². The molecule has 1 aromatic carbocycles. The van der Waals surface area contributed by atoms with Crippen LogP contribution in [-0.4, -0.2) is 97.6 Å². The van der Waals surface area contributed by atoms with Gasteiger partial charge in [0.2, 0.25) is 0 Å². The van der Waals surface area contributed by atoms with E-state index in [2.05, 4.69) is 49.6 Å². The van der Waals surface area contributed by atoms with Crippen LogP contribution in [-0.2, 0) is 16.0 Å². The van der Waals surface area contributed by atoms with Gasteiger partial charge in [-0.05, 0) is 62.3 Å². The van der Waals surface area contributed by atoms with Gasteiger partial charge in [-0.15, -0.1) is 0 Å². The maximum Gasteiger partial charge on any atom is 0.407 e. The van der Waals surface area contributed by atoms with E-state index in [1.807, 2.05) is 17.0 Å². The molecule has 260 valence electrons. The molecule has 48 heavy (non-hydrogen) atoms. The number of hydrogen-bond donors (Lipinski definition) is 2. The number of anilines is 1. The van der Waals surface area contributed by atoms with Crippen molar-refractivity contribution in [2.45, 2.75) is 76.8 Å². The van der Waals surface area contributed by atoms with Gasteiger partial charge in [0.1, 0.15) is 25.1 Å². The zero-order valence-corrected chi connectivity index (χ0v) is 31.1. The van der Waals surface area contributed by atoms with Crippen LogP contribution < -0.4 is 10.2 Å². The largest absolute Gasteiger partial charge is 0.465 e. The molecule has 5 rings (SSSR count). The Balaban J connectivity index is 1.56. The van der Waals surface area contributed by atoms with E-state index in [1.165, 1.54) is 17.0 Å². The van der Waals surface area contributed by atoms with Crippen molar-refractivity contribution in [1.29, 1.82) is 0 Å². The molecule has 0 spiro atoms. The number of pyridine rings is 1. The van der Waals surface area contributed by atoms with Crippen molar-refractivity contribution in [3.05, 3.63) is 54.2 Å². The van der Waals surface area contributed by atoms with Gasteiger partial charge in [-0.2, -0.15) is 9.61 Å². The van der Waals surface area contributed by atoms with Gasteiger partial charge in [0.15, 0.2) is 5.65 Å². The third-order valence-electron chi connectivity index (χ3n) is 8.60. The summed E-state index contributed by atoms with van der Waals surface area (Å²) in [5.41, 5.74) is 3.26. The maximum atomic E-state index is 14.1. The second-order valence-electron chi connectivity index (χ2n) is 15.1. The Kier molecular flexibility index (Phi) is 11.5. The van der Waals surface area contributed by atoms with E-state index < -0.39 is 22.2 Å². The van der Waals surface area contributed by atoms with Crippen LogP contribution in [0.3, 0.4) is 0 Å². The molecule has 0 atom stereocenters. The molecule has 1 aliphatic heterocycles. The quantitative estimate of drug-likeness (QED) is 0.0792. The summed E-state index contributed by atoms with van der Waals surface area (Å²) in [7, 11) is -2.62. The third kappa shape index (κ3) is 9.59. The molecule has 1 saturated heterocycles. The first-order valence-electron chi connectivity index (χ1n) is 16.8. The summed E-state index contributed by atoms with van der Waals surface area (Å²) < 4.78 is 28.4. The summed E-state index contributed by atoms with van der Waals surface area (Å²) in [6, 6.07) is 10.2. The molecular weight excluding hydrogens is 646 g/mol. The maximum absolute atomic E-state index is 14.1. The zero-order chi connectivity index (χ0) is 34.5. The first-order valence-corrected chi connectivity index (χ1v) is 24.2. The van der Waals surface area contributed by atoms with Crippen LogP contribution in [0.4, 0.5) is 15.0 Å². The van der Waals surface area contributed by atoms with Crippen molar-refractivity contribution >= 4 is 44.6 Å². The molecule has 0 radical (unpaired) electrons. The summed E-state index contributed by atoms with van der Waals surface area (Å²) in [4.78, 5) is 25.6. The third-order valence-corrected chi connectivity index (χ3v) is 12.0. The van der Waals surface area contributed by atoms with Crippen molar-refractivity contribution in [2.24, 2.45) is 0 Å². The van der Waals surface area contributed by atoms with E-state index in [1.54, 1.807) is 23.0 Å². The Bertz CT molecular complexity index is 1680. The fourth-order valence-corrected chi connectivity index (χ4v) is 7.19. The number of hydrogen-bond acceptors (Lipinski definition) is 8. The van der Waals surface area contributed by atoms with E-state index >= 15 is 0 Å². The summed E-state index contributed by atoms with van der Waals surface area (Å²) in [5, 5.41) is 19.0. The number of benzene rings is 1. The Morgan fingerprint density at radius 1 is 1.00 bits per heavy atom. The number of rotatable bonds is 15. The van der Waals surface area contributed by atoms with Crippen molar-refractivity contribution in [1.82, 2.24) is 29.8 Å². The highest BCUT2D eigenvalue weighted by atomic mass is 28.3. The number of carbonyl (C=O) groups is 1. The summed E-state index contributed by atoms with van der Waals surface area (Å²) >= 11 is 0. The lowest BCUT2D eigenvalue weighted by atomic mass is 10.0. The molecule has 1 fully saturated rings. The standard InChI is InChI=1S/C34H50FN7O4Si2/c1-47(2,3)15-13-45-23-40(24-46-14-16-48(4,5)6)32-19-28(22-41(34(43)44)29-9-11-36-12-10-29)39-33-30(21-38-42(32)33)26-17-25-18-27(35)7-8-31(25)37-20-26/h7-8,17-21,29,36H,9-16,22-24H2,1-6H3,(H,43,44). The minimum absolute atomic E-state index is 0.111. The highest BCUT2D eigenvalue weighted by Gasteiger charge is 2.27. The van der Waals surface area contributed by atoms with Gasteiger partial charge in [0, 0.05) is 64.2 Å². The molecule has 0 aliphatic carbocycles. The minimum Gasteiger partial charge on any atom is -0.465 e. The molecule has 4 heterocycles. The molecule has 0 bridgehead atoms. The predicted octanol–water partition coefficient (Wildman–Crippen LogP) is 6.75. The molecule has 1 aliphatic rings. The van der Waals surface area contributed by atoms with E-state index in [9.17, 15) is 14.3 Å². The van der Waals surface area contributed by atoms with E-state index in [4.69, 9.17) is 19.6 Å². The Labute approximate surface area is 284 Å². The molecule has 4 aromatic rings. The van der Waals surface area contributed by atoms with Gasteiger partial charge in [0.05, 0.1) is 24.0 Å². The van der Waals surface area contributed by atoms with E-state index in [-0.39, 0.29) is 31.9 Å². The van der Waals surface area contributed by atoms with E-state index in [0.717, 1.165) is 43.6 Å². The lowest BCUT2D eigenvalue weighted by Gasteiger charge is -2.32. The number of carboxylic acid groups (broad SMARTS) is 1. The van der Waals surface area contributed by atoms with Crippen LogP contribution in [0.1, 0.15) is 18.5 Å². The Hall–Kier alpha value is -3.44. The van der Waals surface area contributed by atoms with Crippen LogP contribution in [0.2, 0.25) is 51.4 Å². The number of nitrogens with zero attached hydrogens (tertiary/aromatic N) is 6. The van der Waals surface area contributed by atoms with Crippen molar-refractivity contribution < 1.29 is 23.8 Å². The molecule has 0 saturated carbocycles. The number of piperidine rings is 1. The molecule has 14 heteroatoms. The second kappa shape index (κ2) is 15.4. The highest BCUT2D eigenvalue weighted by Crippen LogP contribution is 2.30. The fraction of sp³-hybridized carbons (Fsp3) is 0.529. The molecular formula is C34H50FN7O4Si2. The topological polar surface area (TPSA) is 117 Å². The number of nitrogens with one attached hydrogen (secondary N) is 1. The first-order chi connectivity index (χ1) is 22.8. The average Bonchev–Trinajstić information content (AvgIpc) is 3.45. The van der Waals surface area contributed by atoms with Crippen LogP contribution in [0.25, 0.3) is 27.7 Å².